The number of methoxy groups -OCH3 is 1. The first-order valence-corrected chi connectivity index (χ1v) is 11.2. The number of halogens is 1. The Labute approximate surface area is 195 Å². The molecule has 1 N–H and O–H groups in total. The predicted molar refractivity (Wildman–Crippen MR) is 127 cm³/mol. The van der Waals surface area contributed by atoms with E-state index in [0.29, 0.717) is 36.2 Å². The number of amides is 2. The molecule has 7 heteroatoms. The topological polar surface area (TPSA) is 67.9 Å². The van der Waals surface area contributed by atoms with Crippen LogP contribution in [-0.4, -0.2) is 43.0 Å². The van der Waals surface area contributed by atoms with Crippen molar-refractivity contribution >= 4 is 23.4 Å². The monoisotopic (exact) mass is 460 g/mol. The first kappa shape index (κ1) is 25.5. The fourth-order valence-electron chi connectivity index (χ4n) is 3.20. The molecular weight excluding hydrogens is 428 g/mol. The van der Waals surface area contributed by atoms with Gasteiger partial charge < -0.3 is 19.7 Å². The average Bonchev–Trinajstić information content (AvgIpc) is 2.78. The molecule has 2 aromatic carbocycles. The van der Waals surface area contributed by atoms with Gasteiger partial charge in [0.1, 0.15) is 17.5 Å². The molecular formula is C25H33ClN2O4. The van der Waals surface area contributed by atoms with E-state index in [-0.39, 0.29) is 18.4 Å². The highest BCUT2D eigenvalue weighted by Gasteiger charge is 2.29. The molecule has 0 fully saturated rings. The molecule has 2 amide bonds. The number of hydrogen-bond acceptors (Lipinski definition) is 4. The molecule has 32 heavy (non-hydrogen) atoms. The average molecular weight is 461 g/mol. The van der Waals surface area contributed by atoms with Crippen LogP contribution in [0.1, 0.15) is 38.3 Å². The summed E-state index contributed by atoms with van der Waals surface area (Å²) in [4.78, 5) is 27.7. The van der Waals surface area contributed by atoms with Gasteiger partial charge in [0.15, 0.2) is 6.61 Å². The minimum atomic E-state index is -0.598. The van der Waals surface area contributed by atoms with Crippen molar-refractivity contribution in [2.45, 2.75) is 46.7 Å². The highest BCUT2D eigenvalue weighted by Crippen LogP contribution is 2.22. The van der Waals surface area contributed by atoms with Crippen LogP contribution >= 0.6 is 11.6 Å². The molecule has 0 saturated heterocycles. The van der Waals surface area contributed by atoms with Gasteiger partial charge in [-0.25, -0.2) is 0 Å². The molecule has 0 saturated carbocycles. The molecule has 2 rings (SSSR count). The van der Waals surface area contributed by atoms with Gasteiger partial charge in [0.2, 0.25) is 5.91 Å². The molecule has 0 aliphatic carbocycles. The lowest BCUT2D eigenvalue weighted by atomic mass is 10.1. The third kappa shape index (κ3) is 7.45. The van der Waals surface area contributed by atoms with E-state index in [0.717, 1.165) is 16.9 Å². The lowest BCUT2D eigenvalue weighted by Crippen LogP contribution is -2.50. The third-order valence-corrected chi connectivity index (χ3v) is 5.50. The van der Waals surface area contributed by atoms with Crippen molar-refractivity contribution in [1.82, 2.24) is 10.2 Å². The van der Waals surface area contributed by atoms with Gasteiger partial charge in [-0.1, -0.05) is 44.5 Å². The highest BCUT2D eigenvalue weighted by atomic mass is 35.5. The van der Waals surface area contributed by atoms with Gasteiger partial charge >= 0.3 is 0 Å². The highest BCUT2D eigenvalue weighted by molar-refractivity contribution is 6.31. The van der Waals surface area contributed by atoms with Crippen LogP contribution in [0.5, 0.6) is 11.5 Å². The molecule has 2 aromatic rings. The Kier molecular flexibility index (Phi) is 9.85. The maximum Gasteiger partial charge on any atom is 0.261 e. The largest absolute Gasteiger partial charge is 0.497 e. The number of nitrogens with one attached hydrogen (secondary N) is 1. The van der Waals surface area contributed by atoms with Crippen LogP contribution in [-0.2, 0) is 16.1 Å². The minimum Gasteiger partial charge on any atom is -0.497 e. The first-order chi connectivity index (χ1) is 15.2. The van der Waals surface area contributed by atoms with Crippen LogP contribution in [0.25, 0.3) is 0 Å². The number of aryl methyl sites for hydroxylation is 1. The Bertz CT molecular complexity index is 899. The Morgan fingerprint density at radius 1 is 1.09 bits per heavy atom. The normalized spacial score (nSPS) is 11.7. The Balaban J connectivity index is 2.20. The molecule has 0 aliphatic heterocycles. The summed E-state index contributed by atoms with van der Waals surface area (Å²) in [6, 6.07) is 12.1. The summed E-state index contributed by atoms with van der Waals surface area (Å²) in [6.07, 6.45) is 0.492. The molecule has 0 radical (unpaired) electrons. The van der Waals surface area contributed by atoms with Crippen LogP contribution in [0.2, 0.25) is 5.02 Å². The predicted octanol–water partition coefficient (Wildman–Crippen LogP) is 4.62. The number of benzene rings is 2. The van der Waals surface area contributed by atoms with Crippen molar-refractivity contribution in [1.29, 1.82) is 0 Å². The lowest BCUT2D eigenvalue weighted by Gasteiger charge is -2.31. The van der Waals surface area contributed by atoms with E-state index >= 15 is 0 Å². The van der Waals surface area contributed by atoms with Gasteiger partial charge in [-0.15, -0.1) is 0 Å². The summed E-state index contributed by atoms with van der Waals surface area (Å²) in [6.45, 7) is 8.51. The summed E-state index contributed by atoms with van der Waals surface area (Å²) >= 11 is 6.07. The molecule has 174 valence electrons. The number of nitrogens with zero attached hydrogens (tertiary/aromatic N) is 1. The fraction of sp³-hybridized carbons (Fsp3) is 0.440. The minimum absolute atomic E-state index is 0.162. The number of hydrogen-bond donors (Lipinski definition) is 1. The maximum atomic E-state index is 13.2. The van der Waals surface area contributed by atoms with Crippen LogP contribution in [0.15, 0.2) is 42.5 Å². The number of ether oxygens (including phenoxy) is 2. The summed E-state index contributed by atoms with van der Waals surface area (Å²) in [5.74, 6) is 1.18. The van der Waals surface area contributed by atoms with Gasteiger partial charge in [0.05, 0.1) is 7.11 Å². The van der Waals surface area contributed by atoms with Gasteiger partial charge in [-0.05, 0) is 60.7 Å². The molecule has 6 nitrogen and oxygen atoms in total. The lowest BCUT2D eigenvalue weighted by molar-refractivity contribution is -0.143. The fourth-order valence-corrected chi connectivity index (χ4v) is 3.32. The Hall–Kier alpha value is -2.73. The van der Waals surface area contributed by atoms with E-state index in [1.807, 2.05) is 52.0 Å². The van der Waals surface area contributed by atoms with Crippen molar-refractivity contribution in [3.8, 4) is 11.5 Å². The van der Waals surface area contributed by atoms with Crippen molar-refractivity contribution in [3.63, 3.8) is 0 Å². The van der Waals surface area contributed by atoms with E-state index in [1.54, 1.807) is 30.2 Å². The summed E-state index contributed by atoms with van der Waals surface area (Å²) in [5, 5.41) is 3.59. The zero-order chi connectivity index (χ0) is 23.7. The van der Waals surface area contributed by atoms with Gasteiger partial charge in [0, 0.05) is 18.1 Å². The zero-order valence-electron chi connectivity index (χ0n) is 19.5. The van der Waals surface area contributed by atoms with Gasteiger partial charge in [0.25, 0.3) is 5.91 Å². The quantitative estimate of drug-likeness (QED) is 0.531. The second-order valence-electron chi connectivity index (χ2n) is 8.13. The van der Waals surface area contributed by atoms with Crippen LogP contribution in [0, 0.1) is 12.8 Å². The van der Waals surface area contributed by atoms with E-state index in [2.05, 4.69) is 5.32 Å². The van der Waals surface area contributed by atoms with Crippen LogP contribution < -0.4 is 14.8 Å². The van der Waals surface area contributed by atoms with Gasteiger partial charge in [-0.3, -0.25) is 9.59 Å². The summed E-state index contributed by atoms with van der Waals surface area (Å²) in [7, 11) is 1.60. The molecule has 0 bridgehead atoms. The molecule has 0 aromatic heterocycles. The van der Waals surface area contributed by atoms with Crippen molar-refractivity contribution in [2.24, 2.45) is 5.92 Å². The van der Waals surface area contributed by atoms with E-state index in [4.69, 9.17) is 21.1 Å². The van der Waals surface area contributed by atoms with E-state index in [1.165, 1.54) is 0 Å². The Morgan fingerprint density at radius 2 is 1.75 bits per heavy atom. The molecule has 0 heterocycles. The van der Waals surface area contributed by atoms with Crippen molar-refractivity contribution in [2.75, 3.05) is 20.3 Å². The summed E-state index contributed by atoms with van der Waals surface area (Å²) < 4.78 is 10.9. The summed E-state index contributed by atoms with van der Waals surface area (Å²) in [5.41, 5.74) is 1.77. The van der Waals surface area contributed by atoms with E-state index in [9.17, 15) is 9.59 Å². The number of carbonyl (C=O) groups is 2. The van der Waals surface area contributed by atoms with Gasteiger partial charge in [-0.2, -0.15) is 0 Å². The number of carbonyl (C=O) groups excluding carboxylic acids is 2. The van der Waals surface area contributed by atoms with Crippen LogP contribution in [0.4, 0.5) is 0 Å². The molecule has 1 unspecified atom stereocenters. The van der Waals surface area contributed by atoms with Crippen molar-refractivity contribution < 1.29 is 19.1 Å². The van der Waals surface area contributed by atoms with Crippen LogP contribution in [0.3, 0.4) is 0 Å². The standard InChI is InChI=1S/C25H33ClN2O4/c1-6-23(25(30)27-14-17(2)3)28(15-19-7-9-20(31-5)10-8-19)24(29)16-32-21-11-12-22(26)18(4)13-21/h7-13,17,23H,6,14-16H2,1-5H3,(H,27,30). The van der Waals surface area contributed by atoms with Crippen molar-refractivity contribution in [3.05, 3.63) is 58.6 Å². The SMILES string of the molecule is CCC(C(=O)NCC(C)C)N(Cc1ccc(OC)cc1)C(=O)COc1ccc(Cl)c(C)c1. The first-order valence-electron chi connectivity index (χ1n) is 10.8. The third-order valence-electron chi connectivity index (χ3n) is 5.07. The smallest absolute Gasteiger partial charge is 0.261 e. The Morgan fingerprint density at radius 3 is 2.31 bits per heavy atom. The second kappa shape index (κ2) is 12.3. The molecule has 0 spiro atoms. The van der Waals surface area contributed by atoms with E-state index < -0.39 is 6.04 Å². The maximum absolute atomic E-state index is 13.2. The molecule has 0 aliphatic rings. The second-order valence-corrected chi connectivity index (χ2v) is 8.54. The molecule has 1 atom stereocenters. The number of rotatable bonds is 11. The zero-order valence-corrected chi connectivity index (χ0v) is 20.2.